The van der Waals surface area contributed by atoms with Gasteiger partial charge in [-0.2, -0.15) is 0 Å². The molecule has 2 aromatic carbocycles. The van der Waals surface area contributed by atoms with Gasteiger partial charge < -0.3 is 19.7 Å². The second-order valence-electron chi connectivity index (χ2n) is 6.57. The molecule has 26 heavy (non-hydrogen) atoms. The van der Waals surface area contributed by atoms with E-state index in [0.717, 1.165) is 42.9 Å². The Morgan fingerprint density at radius 1 is 1.15 bits per heavy atom. The van der Waals surface area contributed by atoms with E-state index in [2.05, 4.69) is 40.2 Å². The Kier molecular flexibility index (Phi) is 4.78. The zero-order valence-electron chi connectivity index (χ0n) is 15.0. The fourth-order valence-corrected chi connectivity index (χ4v) is 3.82. The first kappa shape index (κ1) is 16.9. The third-order valence-electron chi connectivity index (χ3n) is 5.03. The maximum Gasteiger partial charge on any atom is 0.119 e. The fourth-order valence-electron chi connectivity index (χ4n) is 3.82. The van der Waals surface area contributed by atoms with E-state index >= 15 is 0 Å². The van der Waals surface area contributed by atoms with E-state index in [-0.39, 0.29) is 6.61 Å². The number of hydrogen-bond donors (Lipinski definition) is 2. The Hall–Kier alpha value is -2.56. The summed E-state index contributed by atoms with van der Waals surface area (Å²) in [6.07, 6.45) is 4.78. The smallest absolute Gasteiger partial charge is 0.119 e. The van der Waals surface area contributed by atoms with Crippen molar-refractivity contribution in [2.45, 2.75) is 13.0 Å². The van der Waals surface area contributed by atoms with E-state index in [1.165, 1.54) is 22.2 Å². The lowest BCUT2D eigenvalue weighted by Gasteiger charge is -2.14. The number of fused-ring (bicyclic) bond motifs is 3. The monoisotopic (exact) mass is 348 g/mol. The highest BCUT2D eigenvalue weighted by atomic mass is 16.5. The lowest BCUT2D eigenvalue weighted by molar-refractivity contribution is 0.343. The number of aromatic nitrogens is 1. The van der Waals surface area contributed by atoms with Crippen molar-refractivity contribution in [3.05, 3.63) is 59.8 Å². The van der Waals surface area contributed by atoms with Crippen LogP contribution in [0.2, 0.25) is 0 Å². The molecule has 0 saturated heterocycles. The van der Waals surface area contributed by atoms with Crippen LogP contribution in [0.15, 0.2) is 48.5 Å². The molecule has 3 aromatic rings. The van der Waals surface area contributed by atoms with Crippen LogP contribution in [0.1, 0.15) is 11.3 Å². The van der Waals surface area contributed by atoms with Gasteiger partial charge in [0.05, 0.1) is 19.2 Å². The van der Waals surface area contributed by atoms with Gasteiger partial charge in [-0.1, -0.05) is 36.4 Å². The van der Waals surface area contributed by atoms with Crippen molar-refractivity contribution in [2.24, 2.45) is 0 Å². The van der Waals surface area contributed by atoms with Crippen molar-refractivity contribution in [3.8, 4) is 16.9 Å². The molecule has 2 heterocycles. The molecule has 1 aromatic heterocycles. The summed E-state index contributed by atoms with van der Waals surface area (Å²) in [5.74, 6) is 0.816. The lowest BCUT2D eigenvalue weighted by atomic mass is 9.97. The number of para-hydroxylation sites is 1. The molecule has 0 unspecified atom stereocenters. The molecule has 0 fully saturated rings. The van der Waals surface area contributed by atoms with Gasteiger partial charge in [0.25, 0.3) is 0 Å². The molecule has 134 valence electrons. The highest BCUT2D eigenvalue weighted by molar-refractivity contribution is 5.97. The van der Waals surface area contributed by atoms with Crippen molar-refractivity contribution < 1.29 is 9.84 Å². The Morgan fingerprint density at radius 3 is 2.92 bits per heavy atom. The summed E-state index contributed by atoms with van der Waals surface area (Å²) in [6, 6.07) is 15.0. The Balaban J connectivity index is 1.94. The maximum atomic E-state index is 9.21. The molecule has 0 aliphatic carbocycles. The van der Waals surface area contributed by atoms with Crippen molar-refractivity contribution in [1.29, 1.82) is 0 Å². The van der Waals surface area contributed by atoms with Crippen LogP contribution < -0.4 is 10.1 Å². The van der Waals surface area contributed by atoms with Crippen LogP contribution in [-0.4, -0.2) is 36.5 Å². The average molecular weight is 348 g/mol. The van der Waals surface area contributed by atoms with E-state index in [4.69, 9.17) is 4.74 Å². The minimum atomic E-state index is 0.0209. The van der Waals surface area contributed by atoms with Crippen LogP contribution in [0.3, 0.4) is 0 Å². The predicted molar refractivity (Wildman–Crippen MR) is 107 cm³/mol. The highest BCUT2D eigenvalue weighted by Crippen LogP contribution is 2.35. The van der Waals surface area contributed by atoms with E-state index in [0.29, 0.717) is 0 Å². The third-order valence-corrected chi connectivity index (χ3v) is 5.03. The van der Waals surface area contributed by atoms with Gasteiger partial charge in [-0.25, -0.2) is 0 Å². The number of nitrogens with one attached hydrogen (secondary N) is 1. The summed E-state index contributed by atoms with van der Waals surface area (Å²) in [4.78, 5) is 0. The Morgan fingerprint density at radius 2 is 2.08 bits per heavy atom. The van der Waals surface area contributed by atoms with E-state index in [1.54, 1.807) is 13.2 Å². The number of rotatable bonds is 4. The van der Waals surface area contributed by atoms with Crippen molar-refractivity contribution in [1.82, 2.24) is 9.88 Å². The summed E-state index contributed by atoms with van der Waals surface area (Å²) in [7, 11) is 1.68. The number of hydrogen-bond acceptors (Lipinski definition) is 3. The minimum Gasteiger partial charge on any atom is -0.497 e. The Bertz CT molecular complexity index is 956. The van der Waals surface area contributed by atoms with Crippen LogP contribution in [0.4, 0.5) is 0 Å². The van der Waals surface area contributed by atoms with Gasteiger partial charge in [-0.05, 0) is 29.3 Å². The molecule has 0 spiro atoms. The highest BCUT2D eigenvalue weighted by Gasteiger charge is 2.16. The van der Waals surface area contributed by atoms with Crippen LogP contribution >= 0.6 is 0 Å². The predicted octanol–water partition coefficient (Wildman–Crippen LogP) is 3.47. The summed E-state index contributed by atoms with van der Waals surface area (Å²) in [5, 5.41) is 14.0. The summed E-state index contributed by atoms with van der Waals surface area (Å²) in [6.45, 7) is 3.02. The zero-order valence-corrected chi connectivity index (χ0v) is 15.0. The SMILES string of the molecule is COc1ccc(-c2cccc3cc4n(c23)CCNCC4)c(C=CCO)c1. The van der Waals surface area contributed by atoms with Crippen molar-refractivity contribution in [2.75, 3.05) is 26.8 Å². The molecule has 0 saturated carbocycles. The lowest BCUT2D eigenvalue weighted by Crippen LogP contribution is -2.17. The van der Waals surface area contributed by atoms with Gasteiger partial charge in [-0.3, -0.25) is 0 Å². The molecule has 1 aliphatic heterocycles. The number of benzene rings is 2. The molecule has 0 bridgehead atoms. The molecule has 0 atom stereocenters. The second kappa shape index (κ2) is 7.36. The first-order valence-corrected chi connectivity index (χ1v) is 9.09. The largest absolute Gasteiger partial charge is 0.497 e. The van der Waals surface area contributed by atoms with E-state index in [9.17, 15) is 5.11 Å². The van der Waals surface area contributed by atoms with Gasteiger partial charge >= 0.3 is 0 Å². The third kappa shape index (κ3) is 3.02. The first-order chi connectivity index (χ1) is 12.8. The molecule has 1 aliphatic rings. The summed E-state index contributed by atoms with van der Waals surface area (Å²) in [5.41, 5.74) is 6.09. The average Bonchev–Trinajstić information content (AvgIpc) is 2.87. The van der Waals surface area contributed by atoms with Crippen LogP contribution in [0, 0.1) is 0 Å². The van der Waals surface area contributed by atoms with Gasteiger partial charge in [-0.15, -0.1) is 0 Å². The molecule has 4 heteroatoms. The van der Waals surface area contributed by atoms with Gasteiger partial charge in [0, 0.05) is 42.7 Å². The second-order valence-corrected chi connectivity index (χ2v) is 6.57. The molecule has 0 radical (unpaired) electrons. The number of nitrogens with zero attached hydrogens (tertiary/aromatic N) is 1. The number of aliphatic hydroxyl groups excluding tert-OH is 1. The standard InChI is InChI=1S/C22H24N2O2/c1-26-19-7-8-20(16(15-19)5-3-13-25)21-6-2-4-17-14-18-9-10-23-11-12-24(18)22(17)21/h2-8,14-15,23,25H,9-13H2,1H3. The van der Waals surface area contributed by atoms with Crippen molar-refractivity contribution in [3.63, 3.8) is 0 Å². The van der Waals surface area contributed by atoms with Gasteiger partial charge in [0.15, 0.2) is 0 Å². The Labute approximate surface area is 153 Å². The molecule has 0 amide bonds. The normalized spacial score (nSPS) is 14.5. The van der Waals surface area contributed by atoms with Gasteiger partial charge in [0.1, 0.15) is 5.75 Å². The molecule has 4 nitrogen and oxygen atoms in total. The zero-order chi connectivity index (χ0) is 17.9. The van der Waals surface area contributed by atoms with E-state index < -0.39 is 0 Å². The summed E-state index contributed by atoms with van der Waals surface area (Å²) < 4.78 is 7.85. The molecule has 4 rings (SSSR count). The van der Waals surface area contributed by atoms with Crippen molar-refractivity contribution >= 4 is 17.0 Å². The topological polar surface area (TPSA) is 46.4 Å². The number of methoxy groups -OCH3 is 1. The van der Waals surface area contributed by atoms with Crippen LogP contribution in [0.5, 0.6) is 5.75 Å². The molecule has 2 N–H and O–H groups in total. The summed E-state index contributed by atoms with van der Waals surface area (Å²) >= 11 is 0. The molecular weight excluding hydrogens is 324 g/mol. The fraction of sp³-hybridized carbons (Fsp3) is 0.273. The van der Waals surface area contributed by atoms with Gasteiger partial charge in [0.2, 0.25) is 0 Å². The minimum absolute atomic E-state index is 0.0209. The first-order valence-electron chi connectivity index (χ1n) is 9.09. The quantitative estimate of drug-likeness (QED) is 0.759. The number of aliphatic hydroxyl groups is 1. The van der Waals surface area contributed by atoms with Crippen LogP contribution in [0.25, 0.3) is 28.1 Å². The van der Waals surface area contributed by atoms with E-state index in [1.807, 2.05) is 18.2 Å². The van der Waals surface area contributed by atoms with Crippen LogP contribution in [-0.2, 0) is 13.0 Å². The maximum absolute atomic E-state index is 9.21. The molecular formula is C22H24N2O2. The number of ether oxygens (including phenoxy) is 1.